The number of nitrogens with zero attached hydrogens (tertiary/aromatic N) is 3. The van der Waals surface area contributed by atoms with Crippen molar-refractivity contribution in [3.05, 3.63) is 45.9 Å². The summed E-state index contributed by atoms with van der Waals surface area (Å²) in [6, 6.07) is 7.34. The summed E-state index contributed by atoms with van der Waals surface area (Å²) in [5.41, 5.74) is 10.6. The molecule has 2 aromatic rings. The zero-order valence-electron chi connectivity index (χ0n) is 10.6. The lowest BCUT2D eigenvalue weighted by molar-refractivity contribution is 0.897. The highest BCUT2D eigenvalue weighted by molar-refractivity contribution is 5.99. The standard InChI is InChI=1S/C12H14N6O/c1-7(9-4-3-5-10(13)6-9)15-17-12-14-11(19)8(2)16-18-12/h3-6H,13H2,1-2H3,(H2,14,17,18,19)/b15-7+. The molecule has 0 bridgehead atoms. The third-order valence-electron chi connectivity index (χ3n) is 2.49. The zero-order valence-corrected chi connectivity index (χ0v) is 10.6. The second-order valence-corrected chi connectivity index (χ2v) is 4.02. The maximum Gasteiger partial charge on any atom is 0.274 e. The monoisotopic (exact) mass is 258 g/mol. The predicted octanol–water partition coefficient (Wildman–Crippen LogP) is 0.892. The highest BCUT2D eigenvalue weighted by atomic mass is 16.1. The summed E-state index contributed by atoms with van der Waals surface area (Å²) < 4.78 is 0. The smallest absolute Gasteiger partial charge is 0.274 e. The van der Waals surface area contributed by atoms with Crippen LogP contribution in [0.5, 0.6) is 0 Å². The highest BCUT2D eigenvalue weighted by Crippen LogP contribution is 2.07. The number of benzene rings is 1. The molecule has 0 aliphatic carbocycles. The van der Waals surface area contributed by atoms with Gasteiger partial charge in [0.1, 0.15) is 5.69 Å². The largest absolute Gasteiger partial charge is 0.399 e. The van der Waals surface area contributed by atoms with Crippen molar-refractivity contribution in [3.63, 3.8) is 0 Å². The maximum absolute atomic E-state index is 11.3. The lowest BCUT2D eigenvalue weighted by Gasteiger charge is -2.03. The van der Waals surface area contributed by atoms with Crippen LogP contribution in [0.4, 0.5) is 11.6 Å². The number of hydrazone groups is 1. The minimum atomic E-state index is -0.297. The van der Waals surface area contributed by atoms with Crippen LogP contribution in [0.15, 0.2) is 34.2 Å². The molecule has 0 saturated heterocycles. The fourth-order valence-corrected chi connectivity index (χ4v) is 1.41. The van der Waals surface area contributed by atoms with E-state index in [0.717, 1.165) is 11.3 Å². The molecule has 4 N–H and O–H groups in total. The third kappa shape index (κ3) is 3.15. The van der Waals surface area contributed by atoms with Gasteiger partial charge in [-0.2, -0.15) is 5.10 Å². The van der Waals surface area contributed by atoms with E-state index in [-0.39, 0.29) is 11.5 Å². The number of anilines is 2. The van der Waals surface area contributed by atoms with Crippen LogP contribution in [0.25, 0.3) is 0 Å². The van der Waals surface area contributed by atoms with Gasteiger partial charge in [0.05, 0.1) is 5.71 Å². The Morgan fingerprint density at radius 2 is 2.21 bits per heavy atom. The van der Waals surface area contributed by atoms with E-state index in [1.807, 2.05) is 25.1 Å². The van der Waals surface area contributed by atoms with E-state index in [4.69, 9.17) is 5.73 Å². The first-order valence-electron chi connectivity index (χ1n) is 5.66. The molecule has 0 unspecified atom stereocenters. The molecule has 7 heteroatoms. The number of aromatic amines is 1. The second-order valence-electron chi connectivity index (χ2n) is 4.02. The zero-order chi connectivity index (χ0) is 13.8. The molecule has 0 aliphatic heterocycles. The van der Waals surface area contributed by atoms with Gasteiger partial charge in [0, 0.05) is 5.69 Å². The van der Waals surface area contributed by atoms with E-state index in [1.165, 1.54) is 0 Å². The van der Waals surface area contributed by atoms with Gasteiger partial charge in [-0.1, -0.05) is 12.1 Å². The Hall–Kier alpha value is -2.70. The molecule has 1 aromatic heterocycles. The van der Waals surface area contributed by atoms with Crippen molar-refractivity contribution in [2.75, 3.05) is 11.2 Å². The molecular formula is C12H14N6O. The molecule has 0 fully saturated rings. The van der Waals surface area contributed by atoms with Crippen LogP contribution in [-0.4, -0.2) is 20.9 Å². The fraction of sp³-hybridized carbons (Fsp3) is 0.167. The van der Waals surface area contributed by atoms with Crippen LogP contribution in [0.3, 0.4) is 0 Å². The van der Waals surface area contributed by atoms with E-state index in [0.29, 0.717) is 11.4 Å². The number of hydrogen-bond donors (Lipinski definition) is 3. The first-order chi connectivity index (χ1) is 9.06. The number of aromatic nitrogens is 3. The topological polar surface area (TPSA) is 109 Å². The first-order valence-corrected chi connectivity index (χ1v) is 5.66. The van der Waals surface area contributed by atoms with Crippen LogP contribution in [0.1, 0.15) is 18.2 Å². The van der Waals surface area contributed by atoms with Crippen LogP contribution < -0.4 is 16.7 Å². The van der Waals surface area contributed by atoms with Crippen molar-refractivity contribution in [2.45, 2.75) is 13.8 Å². The number of hydrogen-bond acceptors (Lipinski definition) is 6. The average molecular weight is 258 g/mol. The van der Waals surface area contributed by atoms with Gasteiger partial charge in [0.25, 0.3) is 5.56 Å². The number of nitrogens with one attached hydrogen (secondary N) is 2. The van der Waals surface area contributed by atoms with E-state index >= 15 is 0 Å². The van der Waals surface area contributed by atoms with Gasteiger partial charge in [-0.25, -0.2) is 5.43 Å². The lowest BCUT2D eigenvalue weighted by atomic mass is 10.1. The summed E-state index contributed by atoms with van der Waals surface area (Å²) >= 11 is 0. The van der Waals surface area contributed by atoms with Crippen LogP contribution >= 0.6 is 0 Å². The van der Waals surface area contributed by atoms with Gasteiger partial charge in [-0.3, -0.25) is 9.78 Å². The van der Waals surface area contributed by atoms with E-state index in [2.05, 4.69) is 25.7 Å². The molecule has 1 heterocycles. The molecular weight excluding hydrogens is 244 g/mol. The molecule has 0 radical (unpaired) electrons. The predicted molar refractivity (Wildman–Crippen MR) is 74.1 cm³/mol. The summed E-state index contributed by atoms with van der Waals surface area (Å²) in [6.07, 6.45) is 0. The van der Waals surface area contributed by atoms with Crippen molar-refractivity contribution in [1.29, 1.82) is 0 Å². The number of nitrogens with two attached hydrogens (primary N) is 1. The van der Waals surface area contributed by atoms with E-state index < -0.39 is 0 Å². The summed E-state index contributed by atoms with van der Waals surface area (Å²) in [7, 11) is 0. The number of aryl methyl sites for hydroxylation is 1. The van der Waals surface area contributed by atoms with Crippen molar-refractivity contribution in [2.24, 2.45) is 5.10 Å². The molecule has 7 nitrogen and oxygen atoms in total. The molecule has 0 saturated carbocycles. The summed E-state index contributed by atoms with van der Waals surface area (Å²) in [4.78, 5) is 13.9. The molecule has 0 spiro atoms. The van der Waals surface area contributed by atoms with Crippen molar-refractivity contribution in [1.82, 2.24) is 15.2 Å². The van der Waals surface area contributed by atoms with Gasteiger partial charge in [-0.05, 0) is 31.5 Å². The Morgan fingerprint density at radius 3 is 2.89 bits per heavy atom. The molecule has 0 aliphatic rings. The lowest BCUT2D eigenvalue weighted by Crippen LogP contribution is -2.16. The maximum atomic E-state index is 11.3. The SMILES string of the molecule is C/C(=N\Nc1nnc(C)c(=O)[nH]1)c1cccc(N)c1. The molecule has 98 valence electrons. The third-order valence-corrected chi connectivity index (χ3v) is 2.49. The minimum absolute atomic E-state index is 0.193. The average Bonchev–Trinajstić information content (AvgIpc) is 2.40. The summed E-state index contributed by atoms with van der Waals surface area (Å²) in [5, 5.41) is 11.6. The van der Waals surface area contributed by atoms with Crippen molar-refractivity contribution in [3.8, 4) is 0 Å². The Kier molecular flexibility index (Phi) is 3.56. The van der Waals surface area contributed by atoms with Crippen LogP contribution in [-0.2, 0) is 0 Å². The Morgan fingerprint density at radius 1 is 1.42 bits per heavy atom. The summed E-state index contributed by atoms with van der Waals surface area (Å²) in [5.74, 6) is 0.193. The molecule has 1 aromatic carbocycles. The Labute approximate surface area is 109 Å². The molecule has 0 amide bonds. The normalized spacial score (nSPS) is 11.4. The van der Waals surface area contributed by atoms with E-state index in [1.54, 1.807) is 13.0 Å². The Balaban J connectivity index is 2.18. The van der Waals surface area contributed by atoms with Crippen molar-refractivity contribution < 1.29 is 0 Å². The van der Waals surface area contributed by atoms with Gasteiger partial charge in [0.15, 0.2) is 0 Å². The van der Waals surface area contributed by atoms with Gasteiger partial charge in [0.2, 0.25) is 5.95 Å². The summed E-state index contributed by atoms with van der Waals surface area (Å²) in [6.45, 7) is 3.40. The van der Waals surface area contributed by atoms with Crippen LogP contribution in [0, 0.1) is 6.92 Å². The fourth-order valence-electron chi connectivity index (χ4n) is 1.41. The van der Waals surface area contributed by atoms with Gasteiger partial charge in [-0.15, -0.1) is 10.2 Å². The second kappa shape index (κ2) is 5.30. The van der Waals surface area contributed by atoms with E-state index in [9.17, 15) is 4.79 Å². The number of nitrogen functional groups attached to an aromatic ring is 1. The number of H-pyrrole nitrogens is 1. The first kappa shape index (κ1) is 12.7. The van der Waals surface area contributed by atoms with Gasteiger partial charge >= 0.3 is 0 Å². The van der Waals surface area contributed by atoms with Crippen LogP contribution in [0.2, 0.25) is 0 Å². The molecule has 0 atom stereocenters. The molecule has 2 rings (SSSR count). The molecule has 19 heavy (non-hydrogen) atoms. The highest BCUT2D eigenvalue weighted by Gasteiger charge is 2.00. The Bertz CT molecular complexity index is 676. The quantitative estimate of drug-likeness (QED) is 0.430. The number of rotatable bonds is 3. The minimum Gasteiger partial charge on any atom is -0.399 e. The van der Waals surface area contributed by atoms with Gasteiger partial charge < -0.3 is 5.73 Å². The van der Waals surface area contributed by atoms with Crippen molar-refractivity contribution >= 4 is 17.3 Å².